The Hall–Kier alpha value is -2.54. The molecule has 0 bridgehead atoms. The summed E-state index contributed by atoms with van der Waals surface area (Å²) in [6.07, 6.45) is 4.45. The van der Waals surface area contributed by atoms with Crippen LogP contribution in [0.15, 0.2) is 71.2 Å². The van der Waals surface area contributed by atoms with Gasteiger partial charge in [0.1, 0.15) is 11.5 Å². The number of benzene rings is 2. The number of aryl methyl sites for hydroxylation is 1. The SMILES string of the molecule is Cc1ccc(C2C=Cc3c(-c4ccccc4)cccc32)o1. The minimum atomic E-state index is 0.234. The van der Waals surface area contributed by atoms with Gasteiger partial charge in [-0.15, -0.1) is 0 Å². The standard InChI is InChI=1S/C20H16O/c1-14-10-13-20(21-14)19-12-11-18-16(8-5-9-17(18)19)15-6-3-2-4-7-15/h2-13,19H,1H3. The number of fused-ring (bicyclic) bond motifs is 1. The molecule has 1 heterocycles. The van der Waals surface area contributed by atoms with E-state index in [4.69, 9.17) is 4.42 Å². The molecule has 0 fully saturated rings. The van der Waals surface area contributed by atoms with Gasteiger partial charge < -0.3 is 4.42 Å². The Morgan fingerprint density at radius 2 is 1.71 bits per heavy atom. The van der Waals surface area contributed by atoms with Gasteiger partial charge in [0.25, 0.3) is 0 Å². The highest BCUT2D eigenvalue weighted by Crippen LogP contribution is 2.40. The summed E-state index contributed by atoms with van der Waals surface area (Å²) in [7, 11) is 0. The minimum Gasteiger partial charge on any atom is -0.465 e. The van der Waals surface area contributed by atoms with E-state index in [1.165, 1.54) is 22.3 Å². The Bertz CT molecular complexity index is 809. The van der Waals surface area contributed by atoms with Crippen LogP contribution in [-0.4, -0.2) is 0 Å². The number of furan rings is 1. The number of hydrogen-bond acceptors (Lipinski definition) is 1. The normalized spacial score (nSPS) is 16.1. The van der Waals surface area contributed by atoms with Crippen LogP contribution in [0.2, 0.25) is 0 Å². The summed E-state index contributed by atoms with van der Waals surface area (Å²) in [5.41, 5.74) is 5.18. The van der Waals surface area contributed by atoms with Crippen LogP contribution in [0.1, 0.15) is 28.6 Å². The van der Waals surface area contributed by atoms with Crippen molar-refractivity contribution in [2.24, 2.45) is 0 Å². The van der Waals surface area contributed by atoms with Crippen LogP contribution < -0.4 is 0 Å². The van der Waals surface area contributed by atoms with E-state index < -0.39 is 0 Å². The summed E-state index contributed by atoms with van der Waals surface area (Å²) < 4.78 is 5.82. The third-order valence-corrected chi connectivity index (χ3v) is 4.08. The molecule has 2 aromatic carbocycles. The zero-order valence-corrected chi connectivity index (χ0v) is 11.9. The first-order valence-corrected chi connectivity index (χ1v) is 7.26. The van der Waals surface area contributed by atoms with E-state index in [0.717, 1.165) is 11.5 Å². The highest BCUT2D eigenvalue weighted by molar-refractivity contribution is 5.81. The second kappa shape index (κ2) is 4.78. The largest absolute Gasteiger partial charge is 0.465 e. The van der Waals surface area contributed by atoms with Gasteiger partial charge in [-0.2, -0.15) is 0 Å². The van der Waals surface area contributed by atoms with Crippen molar-refractivity contribution in [2.75, 3.05) is 0 Å². The van der Waals surface area contributed by atoms with Crippen molar-refractivity contribution >= 4 is 6.08 Å². The zero-order chi connectivity index (χ0) is 14.2. The van der Waals surface area contributed by atoms with Crippen LogP contribution in [0.25, 0.3) is 17.2 Å². The third-order valence-electron chi connectivity index (χ3n) is 4.08. The first-order chi connectivity index (χ1) is 10.3. The molecule has 0 spiro atoms. The predicted octanol–water partition coefficient (Wildman–Crippen LogP) is 5.41. The third kappa shape index (κ3) is 2.02. The molecule has 3 aromatic rings. The monoisotopic (exact) mass is 272 g/mol. The Morgan fingerprint density at radius 1 is 0.857 bits per heavy atom. The van der Waals surface area contributed by atoms with E-state index in [9.17, 15) is 0 Å². The van der Waals surface area contributed by atoms with Crippen molar-refractivity contribution in [3.63, 3.8) is 0 Å². The molecule has 4 rings (SSSR count). The van der Waals surface area contributed by atoms with Gasteiger partial charge in [-0.1, -0.05) is 60.7 Å². The van der Waals surface area contributed by atoms with Crippen LogP contribution in [0.3, 0.4) is 0 Å². The second-order valence-corrected chi connectivity index (χ2v) is 5.46. The van der Waals surface area contributed by atoms with Crippen LogP contribution in [0.4, 0.5) is 0 Å². The molecule has 1 unspecified atom stereocenters. The quantitative estimate of drug-likeness (QED) is 0.607. The molecule has 1 aliphatic carbocycles. The summed E-state index contributed by atoms with van der Waals surface area (Å²) in [4.78, 5) is 0. The fraction of sp³-hybridized carbons (Fsp3) is 0.100. The molecule has 102 valence electrons. The summed E-state index contributed by atoms with van der Waals surface area (Å²) >= 11 is 0. The van der Waals surface area contributed by atoms with E-state index in [1.54, 1.807) is 0 Å². The molecule has 1 aliphatic rings. The number of rotatable bonds is 2. The van der Waals surface area contributed by atoms with Gasteiger partial charge in [0.2, 0.25) is 0 Å². The summed E-state index contributed by atoms with van der Waals surface area (Å²) in [5, 5.41) is 0. The van der Waals surface area contributed by atoms with Gasteiger partial charge in [0, 0.05) is 0 Å². The van der Waals surface area contributed by atoms with Gasteiger partial charge in [-0.25, -0.2) is 0 Å². The highest BCUT2D eigenvalue weighted by Gasteiger charge is 2.23. The lowest BCUT2D eigenvalue weighted by Crippen LogP contribution is -1.95. The van der Waals surface area contributed by atoms with Crippen molar-refractivity contribution in [1.82, 2.24) is 0 Å². The first-order valence-electron chi connectivity index (χ1n) is 7.26. The molecule has 0 aliphatic heterocycles. The minimum absolute atomic E-state index is 0.234. The zero-order valence-electron chi connectivity index (χ0n) is 11.9. The molecule has 21 heavy (non-hydrogen) atoms. The lowest BCUT2D eigenvalue weighted by atomic mass is 9.93. The Morgan fingerprint density at radius 3 is 2.48 bits per heavy atom. The van der Waals surface area contributed by atoms with Crippen LogP contribution in [0, 0.1) is 6.92 Å². The molecular weight excluding hydrogens is 256 g/mol. The van der Waals surface area contributed by atoms with Gasteiger partial charge in [0.15, 0.2) is 0 Å². The summed E-state index contributed by atoms with van der Waals surface area (Å²) in [6.45, 7) is 1.99. The average Bonchev–Trinajstić information content (AvgIpc) is 3.13. The maximum atomic E-state index is 5.82. The molecule has 1 atom stereocenters. The lowest BCUT2D eigenvalue weighted by Gasteiger charge is -2.12. The fourth-order valence-electron chi connectivity index (χ4n) is 3.07. The van der Waals surface area contributed by atoms with Crippen molar-refractivity contribution < 1.29 is 4.42 Å². The molecule has 1 aromatic heterocycles. The number of allylic oxidation sites excluding steroid dienone is 1. The number of hydrogen-bond donors (Lipinski definition) is 0. The van der Waals surface area contributed by atoms with Gasteiger partial charge >= 0.3 is 0 Å². The molecule has 0 saturated heterocycles. The van der Waals surface area contributed by atoms with Crippen LogP contribution >= 0.6 is 0 Å². The molecule has 0 radical (unpaired) electrons. The van der Waals surface area contributed by atoms with E-state index in [0.29, 0.717) is 0 Å². The van der Waals surface area contributed by atoms with Crippen LogP contribution in [-0.2, 0) is 0 Å². The van der Waals surface area contributed by atoms with E-state index in [1.807, 2.05) is 13.0 Å². The van der Waals surface area contributed by atoms with E-state index >= 15 is 0 Å². The fourth-order valence-corrected chi connectivity index (χ4v) is 3.07. The Labute approximate surface area is 124 Å². The average molecular weight is 272 g/mol. The molecule has 1 nitrogen and oxygen atoms in total. The van der Waals surface area contributed by atoms with Gasteiger partial charge in [-0.3, -0.25) is 0 Å². The Balaban J connectivity index is 1.83. The van der Waals surface area contributed by atoms with Crippen molar-refractivity contribution in [3.05, 3.63) is 89.4 Å². The lowest BCUT2D eigenvalue weighted by molar-refractivity contribution is 0.482. The highest BCUT2D eigenvalue weighted by atomic mass is 16.3. The maximum Gasteiger partial charge on any atom is 0.115 e. The van der Waals surface area contributed by atoms with Gasteiger partial charge in [0.05, 0.1) is 5.92 Å². The molecular formula is C20H16O. The van der Waals surface area contributed by atoms with Crippen molar-refractivity contribution in [2.45, 2.75) is 12.8 Å². The summed E-state index contributed by atoms with van der Waals surface area (Å²) in [6, 6.07) is 21.2. The smallest absolute Gasteiger partial charge is 0.115 e. The van der Waals surface area contributed by atoms with Crippen molar-refractivity contribution in [1.29, 1.82) is 0 Å². The van der Waals surface area contributed by atoms with E-state index in [-0.39, 0.29) is 5.92 Å². The topological polar surface area (TPSA) is 13.1 Å². The summed E-state index contributed by atoms with van der Waals surface area (Å²) in [5.74, 6) is 2.22. The van der Waals surface area contributed by atoms with Crippen LogP contribution in [0.5, 0.6) is 0 Å². The first kappa shape index (κ1) is 12.2. The molecule has 1 heteroatoms. The predicted molar refractivity (Wildman–Crippen MR) is 86.2 cm³/mol. The molecule has 0 N–H and O–H groups in total. The van der Waals surface area contributed by atoms with Crippen molar-refractivity contribution in [3.8, 4) is 11.1 Å². The second-order valence-electron chi connectivity index (χ2n) is 5.46. The van der Waals surface area contributed by atoms with E-state index in [2.05, 4.69) is 66.7 Å². The Kier molecular flexibility index (Phi) is 2.78. The maximum absolute atomic E-state index is 5.82. The molecule has 0 saturated carbocycles. The van der Waals surface area contributed by atoms with Gasteiger partial charge in [-0.05, 0) is 41.3 Å². The molecule has 0 amide bonds.